The van der Waals surface area contributed by atoms with Crippen LogP contribution in [-0.2, 0) is 6.42 Å². The third-order valence-corrected chi connectivity index (χ3v) is 4.09. The van der Waals surface area contributed by atoms with Crippen LogP contribution >= 0.6 is 27.3 Å². The molecule has 0 aliphatic heterocycles. The van der Waals surface area contributed by atoms with Crippen molar-refractivity contribution in [2.75, 3.05) is 0 Å². The number of rotatable bonds is 2. The van der Waals surface area contributed by atoms with E-state index < -0.39 is 0 Å². The molecule has 0 radical (unpaired) electrons. The maximum absolute atomic E-state index is 11.7. The Balaban J connectivity index is 2.59. The van der Waals surface area contributed by atoms with Crippen molar-refractivity contribution >= 4 is 27.3 Å². The smallest absolute Gasteiger partial charge is 0.254 e. The first-order valence-electron chi connectivity index (χ1n) is 4.96. The second kappa shape index (κ2) is 4.51. The molecule has 0 amide bonds. The normalized spacial score (nSPS) is 10.7. The Kier molecular flexibility index (Phi) is 3.25. The predicted molar refractivity (Wildman–Crippen MR) is 70.0 cm³/mol. The maximum Gasteiger partial charge on any atom is 0.254 e. The van der Waals surface area contributed by atoms with Gasteiger partial charge in [0, 0.05) is 15.4 Å². The fraction of sp³-hybridized carbons (Fsp3) is 0.273. The zero-order valence-electron chi connectivity index (χ0n) is 9.00. The first-order valence-corrected chi connectivity index (χ1v) is 6.63. The SMILES string of the molecule is CCc1nc(-c2cc(Br)cs2)[nH]c(=O)c1C. The lowest BCUT2D eigenvalue weighted by atomic mass is 10.2. The zero-order valence-corrected chi connectivity index (χ0v) is 11.4. The minimum Gasteiger partial charge on any atom is -0.306 e. The number of thiophene rings is 1. The van der Waals surface area contributed by atoms with Crippen molar-refractivity contribution in [2.45, 2.75) is 20.3 Å². The van der Waals surface area contributed by atoms with Gasteiger partial charge in [0.05, 0.1) is 10.6 Å². The summed E-state index contributed by atoms with van der Waals surface area (Å²) < 4.78 is 1.01. The molecule has 0 aromatic carbocycles. The van der Waals surface area contributed by atoms with Crippen molar-refractivity contribution < 1.29 is 0 Å². The quantitative estimate of drug-likeness (QED) is 0.926. The molecule has 2 aromatic heterocycles. The molecule has 84 valence electrons. The van der Waals surface area contributed by atoms with E-state index in [2.05, 4.69) is 25.9 Å². The van der Waals surface area contributed by atoms with E-state index in [1.807, 2.05) is 18.4 Å². The van der Waals surface area contributed by atoms with Gasteiger partial charge in [-0.3, -0.25) is 4.79 Å². The van der Waals surface area contributed by atoms with Crippen molar-refractivity contribution in [3.05, 3.63) is 37.5 Å². The molecule has 0 fully saturated rings. The fourth-order valence-corrected chi connectivity index (χ4v) is 2.85. The van der Waals surface area contributed by atoms with Crippen LogP contribution in [0.25, 0.3) is 10.7 Å². The molecule has 0 bridgehead atoms. The summed E-state index contributed by atoms with van der Waals surface area (Å²) in [4.78, 5) is 19.9. The average molecular weight is 299 g/mol. The number of aromatic nitrogens is 2. The van der Waals surface area contributed by atoms with E-state index in [0.717, 1.165) is 21.5 Å². The van der Waals surface area contributed by atoms with Crippen LogP contribution in [0, 0.1) is 6.92 Å². The van der Waals surface area contributed by atoms with Crippen molar-refractivity contribution in [1.29, 1.82) is 0 Å². The fourth-order valence-electron chi connectivity index (χ4n) is 1.48. The summed E-state index contributed by atoms with van der Waals surface area (Å²) in [5.74, 6) is 0.656. The van der Waals surface area contributed by atoms with Gasteiger partial charge in [-0.15, -0.1) is 11.3 Å². The van der Waals surface area contributed by atoms with Crippen LogP contribution in [0.1, 0.15) is 18.2 Å². The van der Waals surface area contributed by atoms with E-state index in [0.29, 0.717) is 11.4 Å². The van der Waals surface area contributed by atoms with E-state index in [-0.39, 0.29) is 5.56 Å². The summed E-state index contributed by atoms with van der Waals surface area (Å²) in [5.41, 5.74) is 1.52. The zero-order chi connectivity index (χ0) is 11.7. The predicted octanol–water partition coefficient (Wildman–Crippen LogP) is 3.13. The Hall–Kier alpha value is -0.940. The molecule has 0 atom stereocenters. The van der Waals surface area contributed by atoms with Crippen LogP contribution < -0.4 is 5.56 Å². The third-order valence-electron chi connectivity index (χ3n) is 2.39. The molecule has 0 aliphatic rings. The summed E-state index contributed by atoms with van der Waals surface area (Å²) in [5, 5.41) is 1.97. The van der Waals surface area contributed by atoms with E-state index in [9.17, 15) is 4.79 Å². The molecular weight excluding hydrogens is 288 g/mol. The Morgan fingerprint density at radius 2 is 2.31 bits per heavy atom. The van der Waals surface area contributed by atoms with Gasteiger partial charge >= 0.3 is 0 Å². The molecular formula is C11H11BrN2OS. The Bertz CT molecular complexity index is 574. The molecule has 0 aliphatic carbocycles. The van der Waals surface area contributed by atoms with Gasteiger partial charge in [0.1, 0.15) is 0 Å². The van der Waals surface area contributed by atoms with E-state index in [4.69, 9.17) is 0 Å². The first kappa shape index (κ1) is 11.5. The van der Waals surface area contributed by atoms with Gasteiger partial charge < -0.3 is 4.98 Å². The van der Waals surface area contributed by atoms with Crippen LogP contribution in [0.3, 0.4) is 0 Å². The number of halogens is 1. The van der Waals surface area contributed by atoms with Gasteiger partial charge in [0.15, 0.2) is 5.82 Å². The van der Waals surface area contributed by atoms with Crippen molar-refractivity contribution in [3.8, 4) is 10.7 Å². The first-order chi connectivity index (χ1) is 7.61. The standard InChI is InChI=1S/C11H11BrN2OS/c1-3-8-6(2)11(15)14-10(13-8)9-4-7(12)5-16-9/h4-5H,3H2,1-2H3,(H,13,14,15). The molecule has 1 N–H and O–H groups in total. The second-order valence-electron chi connectivity index (χ2n) is 3.47. The van der Waals surface area contributed by atoms with Gasteiger partial charge in [0.2, 0.25) is 0 Å². The molecule has 16 heavy (non-hydrogen) atoms. The minimum atomic E-state index is -0.0497. The van der Waals surface area contributed by atoms with Crippen molar-refractivity contribution in [3.63, 3.8) is 0 Å². The summed E-state index contributed by atoms with van der Waals surface area (Å²) in [6.45, 7) is 3.81. The van der Waals surface area contributed by atoms with E-state index >= 15 is 0 Å². The molecule has 0 spiro atoms. The number of hydrogen-bond donors (Lipinski definition) is 1. The van der Waals surface area contributed by atoms with E-state index in [1.54, 1.807) is 18.3 Å². The number of hydrogen-bond acceptors (Lipinski definition) is 3. The summed E-state index contributed by atoms with van der Waals surface area (Å²) in [6.07, 6.45) is 0.773. The highest BCUT2D eigenvalue weighted by atomic mass is 79.9. The van der Waals surface area contributed by atoms with Gasteiger partial charge in [-0.1, -0.05) is 6.92 Å². The number of H-pyrrole nitrogens is 1. The highest BCUT2D eigenvalue weighted by molar-refractivity contribution is 9.10. The van der Waals surface area contributed by atoms with Gasteiger partial charge in [0.25, 0.3) is 5.56 Å². The molecule has 2 aromatic rings. The summed E-state index contributed by atoms with van der Waals surface area (Å²) in [7, 11) is 0. The van der Waals surface area contributed by atoms with E-state index in [1.165, 1.54) is 0 Å². The van der Waals surface area contributed by atoms with Crippen molar-refractivity contribution in [2.24, 2.45) is 0 Å². The summed E-state index contributed by atoms with van der Waals surface area (Å²) >= 11 is 4.95. The minimum absolute atomic E-state index is 0.0497. The maximum atomic E-state index is 11.7. The number of nitrogens with zero attached hydrogens (tertiary/aromatic N) is 1. The van der Waals surface area contributed by atoms with Gasteiger partial charge in [-0.25, -0.2) is 4.98 Å². The Morgan fingerprint density at radius 1 is 1.56 bits per heavy atom. The molecule has 0 unspecified atom stereocenters. The van der Waals surface area contributed by atoms with Crippen LogP contribution in [0.2, 0.25) is 0 Å². The highest BCUT2D eigenvalue weighted by Gasteiger charge is 2.09. The lowest BCUT2D eigenvalue weighted by Gasteiger charge is -2.03. The topological polar surface area (TPSA) is 45.8 Å². The second-order valence-corrected chi connectivity index (χ2v) is 5.30. The Morgan fingerprint density at radius 3 is 2.88 bits per heavy atom. The lowest BCUT2D eigenvalue weighted by molar-refractivity contribution is 0.957. The van der Waals surface area contributed by atoms with Crippen LogP contribution in [0.5, 0.6) is 0 Å². The third kappa shape index (κ3) is 2.10. The molecule has 5 heteroatoms. The summed E-state index contributed by atoms with van der Waals surface area (Å²) in [6, 6.07) is 1.96. The molecule has 2 rings (SSSR count). The molecule has 3 nitrogen and oxygen atoms in total. The average Bonchev–Trinajstić information content (AvgIpc) is 2.69. The molecule has 0 saturated heterocycles. The Labute approximate surface area is 106 Å². The highest BCUT2D eigenvalue weighted by Crippen LogP contribution is 2.27. The monoisotopic (exact) mass is 298 g/mol. The van der Waals surface area contributed by atoms with Crippen LogP contribution in [-0.4, -0.2) is 9.97 Å². The van der Waals surface area contributed by atoms with Crippen LogP contribution in [0.15, 0.2) is 20.7 Å². The number of aryl methyl sites for hydroxylation is 1. The van der Waals surface area contributed by atoms with Crippen LogP contribution in [0.4, 0.5) is 0 Å². The largest absolute Gasteiger partial charge is 0.306 e. The van der Waals surface area contributed by atoms with Crippen molar-refractivity contribution in [1.82, 2.24) is 9.97 Å². The van der Waals surface area contributed by atoms with Gasteiger partial charge in [-0.05, 0) is 35.3 Å². The molecule has 0 saturated carbocycles. The number of aromatic amines is 1. The van der Waals surface area contributed by atoms with Gasteiger partial charge in [-0.2, -0.15) is 0 Å². The lowest BCUT2D eigenvalue weighted by Crippen LogP contribution is -2.15. The number of nitrogens with one attached hydrogen (secondary N) is 1. The molecule has 2 heterocycles.